The monoisotopic (exact) mass is 388 g/mol. The van der Waals surface area contributed by atoms with Crippen molar-refractivity contribution in [1.82, 2.24) is 15.1 Å². The first-order valence-corrected chi connectivity index (χ1v) is 10.2. The van der Waals surface area contributed by atoms with Crippen LogP contribution in [0, 0.1) is 0 Å². The number of piperazine rings is 1. The topological polar surface area (TPSA) is 81.8 Å². The molecule has 0 atom stereocenters. The highest BCUT2D eigenvalue weighted by Crippen LogP contribution is 2.14. The summed E-state index contributed by atoms with van der Waals surface area (Å²) in [6.07, 6.45) is 3.36. The van der Waals surface area contributed by atoms with Gasteiger partial charge in [-0.3, -0.25) is 14.4 Å². The SMILES string of the molecule is CCCCCN(CCC(=O)N1CCNCC1)C(=O)c1cccc(NC(C)=O)c1. The molecule has 0 spiro atoms. The normalized spacial score (nSPS) is 13.9. The fourth-order valence-corrected chi connectivity index (χ4v) is 3.29. The van der Waals surface area contributed by atoms with Gasteiger partial charge in [0.25, 0.3) is 5.91 Å². The number of benzene rings is 1. The van der Waals surface area contributed by atoms with Crippen LogP contribution in [0.2, 0.25) is 0 Å². The summed E-state index contributed by atoms with van der Waals surface area (Å²) in [5, 5.41) is 5.95. The summed E-state index contributed by atoms with van der Waals surface area (Å²) in [7, 11) is 0. The third-order valence-corrected chi connectivity index (χ3v) is 4.81. The highest BCUT2D eigenvalue weighted by atomic mass is 16.2. The standard InChI is InChI=1S/C21H32N4O3/c1-3-4-5-12-25(13-9-20(27)24-14-10-22-11-15-24)21(28)18-7-6-8-19(16-18)23-17(2)26/h6-8,16,22H,3-5,9-15H2,1-2H3,(H,23,26). The van der Waals surface area contributed by atoms with Crippen LogP contribution >= 0.6 is 0 Å². The van der Waals surface area contributed by atoms with Crippen molar-refractivity contribution in [1.29, 1.82) is 0 Å². The van der Waals surface area contributed by atoms with E-state index in [0.717, 1.165) is 45.4 Å². The van der Waals surface area contributed by atoms with Crippen molar-refractivity contribution in [2.75, 3.05) is 44.6 Å². The van der Waals surface area contributed by atoms with Gasteiger partial charge in [0.2, 0.25) is 11.8 Å². The second kappa shape index (κ2) is 11.4. The van der Waals surface area contributed by atoms with Crippen LogP contribution in [0.3, 0.4) is 0 Å². The number of rotatable bonds is 9. The van der Waals surface area contributed by atoms with Gasteiger partial charge in [-0.15, -0.1) is 0 Å². The number of carbonyl (C=O) groups excluding carboxylic acids is 3. The fraction of sp³-hybridized carbons (Fsp3) is 0.571. The highest BCUT2D eigenvalue weighted by molar-refractivity contribution is 5.97. The molecule has 1 heterocycles. The maximum absolute atomic E-state index is 13.0. The van der Waals surface area contributed by atoms with Gasteiger partial charge in [0.1, 0.15) is 0 Å². The maximum atomic E-state index is 13.0. The van der Waals surface area contributed by atoms with Gasteiger partial charge in [-0.2, -0.15) is 0 Å². The Labute approximate surface area is 167 Å². The Morgan fingerprint density at radius 1 is 1.14 bits per heavy atom. The first-order valence-electron chi connectivity index (χ1n) is 10.2. The number of carbonyl (C=O) groups is 3. The number of unbranched alkanes of at least 4 members (excludes halogenated alkanes) is 2. The van der Waals surface area contributed by atoms with Gasteiger partial charge in [0, 0.05) is 63.9 Å². The third kappa shape index (κ3) is 6.96. The first-order chi connectivity index (χ1) is 13.5. The minimum atomic E-state index is -0.175. The molecule has 1 aliphatic heterocycles. The summed E-state index contributed by atoms with van der Waals surface area (Å²) in [6, 6.07) is 6.95. The van der Waals surface area contributed by atoms with Crippen LogP contribution in [0.1, 0.15) is 49.9 Å². The van der Waals surface area contributed by atoms with E-state index in [1.54, 1.807) is 29.2 Å². The summed E-state index contributed by atoms with van der Waals surface area (Å²) in [5.74, 6) is -0.177. The second-order valence-electron chi connectivity index (χ2n) is 7.14. The lowest BCUT2D eigenvalue weighted by Crippen LogP contribution is -2.47. The van der Waals surface area contributed by atoms with Crippen LogP contribution < -0.4 is 10.6 Å². The summed E-state index contributed by atoms with van der Waals surface area (Å²) in [4.78, 5) is 40.4. The number of hydrogen-bond acceptors (Lipinski definition) is 4. The maximum Gasteiger partial charge on any atom is 0.253 e. The van der Waals surface area contributed by atoms with Crippen LogP contribution in [0.5, 0.6) is 0 Å². The lowest BCUT2D eigenvalue weighted by Gasteiger charge is -2.29. The van der Waals surface area contributed by atoms with Crippen molar-refractivity contribution in [3.05, 3.63) is 29.8 Å². The Morgan fingerprint density at radius 2 is 1.89 bits per heavy atom. The number of anilines is 1. The minimum absolute atomic E-state index is 0.0989. The Hall–Kier alpha value is -2.41. The van der Waals surface area contributed by atoms with E-state index < -0.39 is 0 Å². The molecule has 28 heavy (non-hydrogen) atoms. The lowest BCUT2D eigenvalue weighted by atomic mass is 10.1. The average Bonchev–Trinajstić information content (AvgIpc) is 2.70. The summed E-state index contributed by atoms with van der Waals surface area (Å²) >= 11 is 0. The summed E-state index contributed by atoms with van der Waals surface area (Å²) in [5.41, 5.74) is 1.13. The van der Waals surface area contributed by atoms with Crippen LogP contribution in [-0.4, -0.2) is 66.8 Å². The lowest BCUT2D eigenvalue weighted by molar-refractivity contribution is -0.132. The predicted molar refractivity (Wildman–Crippen MR) is 110 cm³/mol. The molecule has 0 bridgehead atoms. The molecule has 2 rings (SSSR count). The van der Waals surface area contributed by atoms with E-state index in [9.17, 15) is 14.4 Å². The Balaban J connectivity index is 2.02. The molecule has 0 aromatic heterocycles. The minimum Gasteiger partial charge on any atom is -0.340 e. The number of nitrogens with zero attached hydrogens (tertiary/aromatic N) is 2. The molecule has 1 fully saturated rings. The van der Waals surface area contributed by atoms with Crippen molar-refractivity contribution in [2.24, 2.45) is 0 Å². The molecule has 0 unspecified atom stereocenters. The van der Waals surface area contributed by atoms with Gasteiger partial charge in [0.05, 0.1) is 0 Å². The quantitative estimate of drug-likeness (QED) is 0.635. The largest absolute Gasteiger partial charge is 0.340 e. The molecule has 0 saturated carbocycles. The third-order valence-electron chi connectivity index (χ3n) is 4.81. The zero-order chi connectivity index (χ0) is 20.4. The van der Waals surface area contributed by atoms with Crippen molar-refractivity contribution in [3.8, 4) is 0 Å². The zero-order valence-electron chi connectivity index (χ0n) is 17.0. The van der Waals surface area contributed by atoms with Gasteiger partial charge in [-0.1, -0.05) is 25.8 Å². The van der Waals surface area contributed by atoms with Crippen molar-refractivity contribution < 1.29 is 14.4 Å². The molecular formula is C21H32N4O3. The summed E-state index contributed by atoms with van der Waals surface area (Å²) in [6.45, 7) is 7.69. The molecule has 154 valence electrons. The average molecular weight is 389 g/mol. The van der Waals surface area contributed by atoms with Crippen molar-refractivity contribution in [3.63, 3.8) is 0 Å². The van der Waals surface area contributed by atoms with Gasteiger partial charge < -0.3 is 20.4 Å². The van der Waals surface area contributed by atoms with Gasteiger partial charge in [0.15, 0.2) is 0 Å². The van der Waals surface area contributed by atoms with E-state index in [1.165, 1.54) is 6.92 Å². The van der Waals surface area contributed by atoms with Gasteiger partial charge >= 0.3 is 0 Å². The van der Waals surface area contributed by atoms with E-state index in [-0.39, 0.29) is 17.7 Å². The molecule has 7 heteroatoms. The second-order valence-corrected chi connectivity index (χ2v) is 7.14. The molecule has 3 amide bonds. The van der Waals surface area contributed by atoms with E-state index in [1.807, 2.05) is 4.90 Å². The summed E-state index contributed by atoms with van der Waals surface area (Å²) < 4.78 is 0. The van der Waals surface area contributed by atoms with E-state index in [0.29, 0.717) is 30.8 Å². The number of amides is 3. The molecule has 0 aliphatic carbocycles. The Kier molecular flexibility index (Phi) is 8.94. The predicted octanol–water partition coefficient (Wildman–Crippen LogP) is 2.10. The van der Waals surface area contributed by atoms with E-state index >= 15 is 0 Å². The molecule has 7 nitrogen and oxygen atoms in total. The van der Waals surface area contributed by atoms with Crippen LogP contribution in [0.4, 0.5) is 5.69 Å². The smallest absolute Gasteiger partial charge is 0.253 e. The van der Waals surface area contributed by atoms with E-state index in [4.69, 9.17) is 0 Å². The molecule has 1 aliphatic rings. The molecular weight excluding hydrogens is 356 g/mol. The number of hydrogen-bond donors (Lipinski definition) is 2. The van der Waals surface area contributed by atoms with Crippen molar-refractivity contribution in [2.45, 2.75) is 39.5 Å². The van der Waals surface area contributed by atoms with Gasteiger partial charge in [-0.05, 0) is 24.6 Å². The van der Waals surface area contributed by atoms with E-state index in [2.05, 4.69) is 17.6 Å². The Bertz CT molecular complexity index is 671. The molecule has 2 N–H and O–H groups in total. The van der Waals surface area contributed by atoms with Crippen LogP contribution in [0.15, 0.2) is 24.3 Å². The van der Waals surface area contributed by atoms with Crippen LogP contribution in [-0.2, 0) is 9.59 Å². The van der Waals surface area contributed by atoms with Gasteiger partial charge in [-0.25, -0.2) is 0 Å². The fourth-order valence-electron chi connectivity index (χ4n) is 3.29. The molecule has 1 aromatic carbocycles. The van der Waals surface area contributed by atoms with Crippen molar-refractivity contribution >= 4 is 23.4 Å². The van der Waals surface area contributed by atoms with Crippen LogP contribution in [0.25, 0.3) is 0 Å². The molecule has 0 radical (unpaired) electrons. The zero-order valence-corrected chi connectivity index (χ0v) is 17.0. The first kappa shape index (κ1) is 21.9. The molecule has 1 saturated heterocycles. The molecule has 1 aromatic rings. The highest BCUT2D eigenvalue weighted by Gasteiger charge is 2.20. The number of nitrogens with one attached hydrogen (secondary N) is 2. The Morgan fingerprint density at radius 3 is 2.57 bits per heavy atom.